The lowest BCUT2D eigenvalue weighted by molar-refractivity contribution is 0.254. The third-order valence-electron chi connectivity index (χ3n) is 2.78. The van der Waals surface area contributed by atoms with Gasteiger partial charge in [-0.05, 0) is 51.7 Å². The number of benzene rings is 1. The fourth-order valence-corrected chi connectivity index (χ4v) is 1.99. The minimum absolute atomic E-state index is 0.0593. The normalized spacial score (nSPS) is 13.1. The summed E-state index contributed by atoms with van der Waals surface area (Å²) in [6.07, 6.45) is 0.927. The molecule has 0 aliphatic rings. The maximum Gasteiger partial charge on any atom is 0.128 e. The zero-order valence-electron chi connectivity index (χ0n) is 9.71. The van der Waals surface area contributed by atoms with Crippen molar-refractivity contribution in [3.63, 3.8) is 0 Å². The van der Waals surface area contributed by atoms with Crippen LogP contribution in [0.2, 0.25) is 0 Å². The van der Waals surface area contributed by atoms with Crippen molar-refractivity contribution in [3.05, 3.63) is 34.1 Å². The van der Waals surface area contributed by atoms with E-state index in [4.69, 9.17) is 5.73 Å². The third kappa shape index (κ3) is 3.54. The molecule has 1 atom stereocenters. The molecule has 1 aromatic carbocycles. The summed E-state index contributed by atoms with van der Waals surface area (Å²) in [6.45, 7) is 3.54. The molecule has 0 aromatic heterocycles. The van der Waals surface area contributed by atoms with Gasteiger partial charge in [-0.2, -0.15) is 0 Å². The van der Waals surface area contributed by atoms with Crippen molar-refractivity contribution in [2.75, 3.05) is 20.1 Å². The number of halogens is 2. The van der Waals surface area contributed by atoms with Gasteiger partial charge in [0.25, 0.3) is 0 Å². The van der Waals surface area contributed by atoms with Crippen LogP contribution in [0, 0.1) is 5.82 Å². The molecule has 0 aliphatic carbocycles. The highest BCUT2D eigenvalue weighted by atomic mass is 79.9. The van der Waals surface area contributed by atoms with E-state index in [1.807, 2.05) is 20.0 Å². The summed E-state index contributed by atoms with van der Waals surface area (Å²) in [4.78, 5) is 2.11. The molecule has 1 unspecified atom stereocenters. The Hall–Kier alpha value is -0.450. The van der Waals surface area contributed by atoms with E-state index in [1.165, 1.54) is 6.07 Å². The monoisotopic (exact) mass is 288 g/mol. The Bertz CT molecular complexity index is 344. The Kier molecular flexibility index (Phi) is 5.38. The van der Waals surface area contributed by atoms with Gasteiger partial charge in [-0.3, -0.25) is 4.90 Å². The SMILES string of the molecule is CC(c1cc(Br)ccc1F)N(C)CCCN. The van der Waals surface area contributed by atoms with Crippen molar-refractivity contribution in [3.8, 4) is 0 Å². The Labute approximate surface area is 105 Å². The van der Waals surface area contributed by atoms with Crippen molar-refractivity contribution in [1.82, 2.24) is 4.90 Å². The van der Waals surface area contributed by atoms with E-state index in [1.54, 1.807) is 6.07 Å². The zero-order chi connectivity index (χ0) is 12.1. The van der Waals surface area contributed by atoms with Gasteiger partial charge >= 0.3 is 0 Å². The van der Waals surface area contributed by atoms with Crippen LogP contribution >= 0.6 is 15.9 Å². The molecule has 0 radical (unpaired) electrons. The molecule has 0 aliphatic heterocycles. The van der Waals surface area contributed by atoms with E-state index in [0.29, 0.717) is 12.1 Å². The van der Waals surface area contributed by atoms with E-state index < -0.39 is 0 Å². The number of nitrogens with two attached hydrogens (primary N) is 1. The fourth-order valence-electron chi connectivity index (χ4n) is 1.61. The number of hydrogen-bond donors (Lipinski definition) is 1. The van der Waals surface area contributed by atoms with E-state index in [-0.39, 0.29) is 11.9 Å². The standard InChI is InChI=1S/C12H18BrFN2/c1-9(16(2)7-3-6-15)11-8-10(13)4-5-12(11)14/h4-5,8-9H,3,6-7,15H2,1-2H3. The third-order valence-corrected chi connectivity index (χ3v) is 3.28. The molecule has 0 heterocycles. The molecule has 0 amide bonds. The molecule has 2 nitrogen and oxygen atoms in total. The summed E-state index contributed by atoms with van der Waals surface area (Å²) in [5.41, 5.74) is 6.18. The molecule has 90 valence electrons. The molecule has 0 bridgehead atoms. The van der Waals surface area contributed by atoms with E-state index in [9.17, 15) is 4.39 Å². The Morgan fingerprint density at radius 2 is 2.19 bits per heavy atom. The first-order valence-electron chi connectivity index (χ1n) is 5.41. The van der Waals surface area contributed by atoms with Crippen LogP contribution in [0.25, 0.3) is 0 Å². The maximum atomic E-state index is 13.6. The highest BCUT2D eigenvalue weighted by molar-refractivity contribution is 9.10. The minimum Gasteiger partial charge on any atom is -0.330 e. The first-order valence-corrected chi connectivity index (χ1v) is 6.20. The van der Waals surface area contributed by atoms with Crippen molar-refractivity contribution in [1.29, 1.82) is 0 Å². The molecule has 4 heteroatoms. The van der Waals surface area contributed by atoms with Gasteiger partial charge in [-0.25, -0.2) is 4.39 Å². The first kappa shape index (κ1) is 13.6. The second-order valence-electron chi connectivity index (χ2n) is 3.96. The molecule has 0 saturated carbocycles. The predicted octanol–water partition coefficient (Wildman–Crippen LogP) is 2.93. The Morgan fingerprint density at radius 3 is 2.81 bits per heavy atom. The number of rotatable bonds is 5. The van der Waals surface area contributed by atoms with Gasteiger partial charge < -0.3 is 5.73 Å². The van der Waals surface area contributed by atoms with Crippen LogP contribution in [-0.2, 0) is 0 Å². The van der Waals surface area contributed by atoms with E-state index in [2.05, 4.69) is 20.8 Å². The lowest BCUT2D eigenvalue weighted by Crippen LogP contribution is -2.25. The smallest absolute Gasteiger partial charge is 0.128 e. The van der Waals surface area contributed by atoms with E-state index >= 15 is 0 Å². The molecule has 1 rings (SSSR count). The van der Waals surface area contributed by atoms with Crippen LogP contribution in [-0.4, -0.2) is 25.0 Å². The molecule has 0 spiro atoms. The minimum atomic E-state index is -0.157. The molecule has 0 saturated heterocycles. The van der Waals surface area contributed by atoms with Crippen molar-refractivity contribution in [2.24, 2.45) is 5.73 Å². The quantitative estimate of drug-likeness (QED) is 0.903. The summed E-state index contributed by atoms with van der Waals surface area (Å²) in [7, 11) is 1.99. The average Bonchev–Trinajstić information content (AvgIpc) is 2.28. The van der Waals surface area contributed by atoms with Crippen LogP contribution in [0.5, 0.6) is 0 Å². The molecule has 1 aromatic rings. The second kappa shape index (κ2) is 6.33. The molecule has 2 N–H and O–H groups in total. The summed E-state index contributed by atoms with van der Waals surface area (Å²) < 4.78 is 14.5. The van der Waals surface area contributed by atoms with Crippen molar-refractivity contribution in [2.45, 2.75) is 19.4 Å². The number of hydrogen-bond acceptors (Lipinski definition) is 2. The van der Waals surface area contributed by atoms with Crippen molar-refractivity contribution < 1.29 is 4.39 Å². The van der Waals surface area contributed by atoms with Gasteiger partial charge in [0.2, 0.25) is 0 Å². The highest BCUT2D eigenvalue weighted by Crippen LogP contribution is 2.25. The Morgan fingerprint density at radius 1 is 1.50 bits per heavy atom. The van der Waals surface area contributed by atoms with Crippen LogP contribution < -0.4 is 5.73 Å². The van der Waals surface area contributed by atoms with Gasteiger partial charge in [0.15, 0.2) is 0 Å². The van der Waals surface area contributed by atoms with Crippen LogP contribution in [0.3, 0.4) is 0 Å². The van der Waals surface area contributed by atoms with Gasteiger partial charge in [-0.1, -0.05) is 15.9 Å². The Balaban J connectivity index is 2.78. The lowest BCUT2D eigenvalue weighted by Gasteiger charge is -2.25. The molecular weight excluding hydrogens is 271 g/mol. The summed E-state index contributed by atoms with van der Waals surface area (Å²) in [5.74, 6) is -0.157. The fraction of sp³-hybridized carbons (Fsp3) is 0.500. The number of nitrogens with zero attached hydrogens (tertiary/aromatic N) is 1. The first-order chi connectivity index (χ1) is 7.56. The summed E-state index contributed by atoms with van der Waals surface area (Å²) in [6, 6.07) is 5.10. The predicted molar refractivity (Wildman–Crippen MR) is 68.8 cm³/mol. The van der Waals surface area contributed by atoms with Crippen molar-refractivity contribution >= 4 is 15.9 Å². The topological polar surface area (TPSA) is 29.3 Å². The van der Waals surface area contributed by atoms with Crippen LogP contribution in [0.15, 0.2) is 22.7 Å². The summed E-state index contributed by atoms with van der Waals surface area (Å²) in [5, 5.41) is 0. The van der Waals surface area contributed by atoms with Gasteiger partial charge in [0, 0.05) is 16.1 Å². The molecule has 0 fully saturated rings. The second-order valence-corrected chi connectivity index (χ2v) is 4.88. The summed E-state index contributed by atoms with van der Waals surface area (Å²) >= 11 is 3.36. The maximum absolute atomic E-state index is 13.6. The van der Waals surface area contributed by atoms with Crippen LogP contribution in [0.1, 0.15) is 24.9 Å². The van der Waals surface area contributed by atoms with Crippen LogP contribution in [0.4, 0.5) is 4.39 Å². The molecule has 16 heavy (non-hydrogen) atoms. The highest BCUT2D eigenvalue weighted by Gasteiger charge is 2.15. The average molecular weight is 289 g/mol. The van der Waals surface area contributed by atoms with Gasteiger partial charge in [0.1, 0.15) is 5.82 Å². The van der Waals surface area contributed by atoms with Gasteiger partial charge in [0.05, 0.1) is 0 Å². The largest absolute Gasteiger partial charge is 0.330 e. The lowest BCUT2D eigenvalue weighted by atomic mass is 10.1. The molecular formula is C12H18BrFN2. The zero-order valence-corrected chi connectivity index (χ0v) is 11.3. The van der Waals surface area contributed by atoms with Gasteiger partial charge in [-0.15, -0.1) is 0 Å². The van der Waals surface area contributed by atoms with E-state index in [0.717, 1.165) is 17.4 Å².